The Balaban J connectivity index is 2.08. The van der Waals surface area contributed by atoms with Gasteiger partial charge in [-0.3, -0.25) is 14.4 Å². The second-order valence-electron chi connectivity index (χ2n) is 7.13. The fraction of sp³-hybridized carbons (Fsp3) is 0.833. The summed E-state index contributed by atoms with van der Waals surface area (Å²) in [5, 5.41) is 8.72. The predicted octanol–water partition coefficient (Wildman–Crippen LogP) is 0.539. The fourth-order valence-corrected chi connectivity index (χ4v) is 3.84. The van der Waals surface area contributed by atoms with Crippen LogP contribution in [0.15, 0.2) is 0 Å². The number of rotatable bonds is 6. The van der Waals surface area contributed by atoms with Gasteiger partial charge in [-0.25, -0.2) is 0 Å². The van der Waals surface area contributed by atoms with Gasteiger partial charge in [0.1, 0.15) is 12.1 Å². The summed E-state index contributed by atoms with van der Waals surface area (Å²) in [6.45, 7) is 4.62. The maximum atomic E-state index is 13.1. The molecule has 7 nitrogen and oxygen atoms in total. The summed E-state index contributed by atoms with van der Waals surface area (Å²) in [6.07, 6.45) is 6.02. The van der Waals surface area contributed by atoms with Gasteiger partial charge in [-0.05, 0) is 45.6 Å². The second kappa shape index (κ2) is 9.17. The smallest absolute Gasteiger partial charge is 0.246 e. The Labute approximate surface area is 150 Å². The summed E-state index contributed by atoms with van der Waals surface area (Å²) in [7, 11) is 1.60. The number of fused-ring (bicyclic) bond motifs is 1. The first-order chi connectivity index (χ1) is 12.0. The van der Waals surface area contributed by atoms with E-state index in [2.05, 4.69) is 16.0 Å². The Kier molecular flexibility index (Phi) is 7.23. The van der Waals surface area contributed by atoms with Crippen LogP contribution >= 0.6 is 0 Å². The summed E-state index contributed by atoms with van der Waals surface area (Å²) in [6, 6.07) is -1.16. The first-order valence-corrected chi connectivity index (χ1v) is 9.57. The van der Waals surface area contributed by atoms with Gasteiger partial charge in [0.2, 0.25) is 17.7 Å². The molecule has 142 valence electrons. The van der Waals surface area contributed by atoms with Gasteiger partial charge in [0, 0.05) is 13.1 Å². The van der Waals surface area contributed by atoms with E-state index < -0.39 is 12.1 Å². The maximum absolute atomic E-state index is 13.1. The molecule has 2 saturated heterocycles. The third kappa shape index (κ3) is 4.71. The molecule has 0 aromatic heterocycles. The van der Waals surface area contributed by atoms with Crippen molar-refractivity contribution in [3.8, 4) is 0 Å². The van der Waals surface area contributed by atoms with Crippen LogP contribution < -0.4 is 16.0 Å². The molecule has 2 aliphatic rings. The number of carbonyl (C=O) groups excluding carboxylic acids is 3. The molecular formula is C18H32N4O3. The van der Waals surface area contributed by atoms with Crippen molar-refractivity contribution < 1.29 is 14.4 Å². The highest BCUT2D eigenvalue weighted by Gasteiger charge is 2.43. The molecule has 3 amide bonds. The van der Waals surface area contributed by atoms with Crippen LogP contribution in [-0.4, -0.2) is 60.4 Å². The van der Waals surface area contributed by atoms with Gasteiger partial charge in [-0.2, -0.15) is 0 Å². The summed E-state index contributed by atoms with van der Waals surface area (Å²) < 4.78 is 0. The summed E-state index contributed by atoms with van der Waals surface area (Å²) in [5.41, 5.74) is 0. The van der Waals surface area contributed by atoms with Gasteiger partial charge in [-0.15, -0.1) is 0 Å². The first kappa shape index (κ1) is 19.7. The van der Waals surface area contributed by atoms with Crippen molar-refractivity contribution in [3.05, 3.63) is 0 Å². The third-order valence-corrected chi connectivity index (χ3v) is 5.29. The molecule has 2 rings (SSSR count). The Morgan fingerprint density at radius 3 is 2.60 bits per heavy atom. The number of hydrogen-bond acceptors (Lipinski definition) is 4. The minimum Gasteiger partial charge on any atom is -0.357 e. The Morgan fingerprint density at radius 1 is 1.20 bits per heavy atom. The number of amides is 3. The molecule has 2 aliphatic heterocycles. The number of likely N-dealkylation sites (N-methyl/N-ethyl adjacent to an activating group) is 1. The molecule has 25 heavy (non-hydrogen) atoms. The predicted molar refractivity (Wildman–Crippen MR) is 95.9 cm³/mol. The molecule has 7 heteroatoms. The highest BCUT2D eigenvalue weighted by Crippen LogP contribution is 2.31. The van der Waals surface area contributed by atoms with Gasteiger partial charge in [-0.1, -0.05) is 19.8 Å². The number of nitrogens with one attached hydrogen (secondary N) is 3. The molecule has 0 aromatic carbocycles. The van der Waals surface area contributed by atoms with Gasteiger partial charge < -0.3 is 20.9 Å². The van der Waals surface area contributed by atoms with Crippen molar-refractivity contribution in [1.82, 2.24) is 20.9 Å². The van der Waals surface area contributed by atoms with E-state index in [1.165, 1.54) is 0 Å². The normalized spacial score (nSPS) is 27.9. The maximum Gasteiger partial charge on any atom is 0.246 e. The molecule has 0 unspecified atom stereocenters. The number of carbonyl (C=O) groups is 3. The summed E-state index contributed by atoms with van der Waals surface area (Å²) >= 11 is 0. The van der Waals surface area contributed by atoms with E-state index in [4.69, 9.17) is 0 Å². The highest BCUT2D eigenvalue weighted by atomic mass is 16.2. The lowest BCUT2D eigenvalue weighted by atomic mass is 9.98. The van der Waals surface area contributed by atoms with Gasteiger partial charge in [0.25, 0.3) is 0 Å². The van der Waals surface area contributed by atoms with E-state index in [-0.39, 0.29) is 29.8 Å². The van der Waals surface area contributed by atoms with Crippen molar-refractivity contribution in [1.29, 1.82) is 0 Å². The van der Waals surface area contributed by atoms with E-state index in [9.17, 15) is 14.4 Å². The van der Waals surface area contributed by atoms with Crippen LogP contribution in [0.1, 0.15) is 58.8 Å². The zero-order valence-electron chi connectivity index (χ0n) is 15.6. The van der Waals surface area contributed by atoms with Crippen LogP contribution in [0, 0.1) is 0 Å². The topological polar surface area (TPSA) is 90.5 Å². The van der Waals surface area contributed by atoms with Gasteiger partial charge >= 0.3 is 0 Å². The van der Waals surface area contributed by atoms with Crippen molar-refractivity contribution in [3.63, 3.8) is 0 Å². The Hall–Kier alpha value is -1.63. The molecule has 0 radical (unpaired) electrons. The van der Waals surface area contributed by atoms with Crippen LogP contribution in [0.4, 0.5) is 0 Å². The minimum atomic E-state index is -0.536. The fourth-order valence-electron chi connectivity index (χ4n) is 3.84. The Bertz CT molecular complexity index is 497. The minimum absolute atomic E-state index is 0.105. The average Bonchev–Trinajstić information content (AvgIpc) is 3.02. The molecular weight excluding hydrogens is 320 g/mol. The van der Waals surface area contributed by atoms with E-state index in [0.29, 0.717) is 12.8 Å². The molecule has 0 saturated carbocycles. The summed E-state index contributed by atoms with van der Waals surface area (Å²) in [5.74, 6) is -0.370. The largest absolute Gasteiger partial charge is 0.357 e. The van der Waals surface area contributed by atoms with Crippen LogP contribution in [-0.2, 0) is 14.4 Å². The molecule has 0 aromatic rings. The third-order valence-electron chi connectivity index (χ3n) is 5.29. The summed E-state index contributed by atoms with van der Waals surface area (Å²) in [4.78, 5) is 39.4. The lowest BCUT2D eigenvalue weighted by molar-refractivity contribution is -0.144. The second-order valence-corrected chi connectivity index (χ2v) is 7.13. The first-order valence-electron chi connectivity index (χ1n) is 9.57. The van der Waals surface area contributed by atoms with E-state index in [1.54, 1.807) is 11.9 Å². The molecule has 0 aliphatic carbocycles. The van der Waals surface area contributed by atoms with E-state index in [1.807, 2.05) is 13.8 Å². The van der Waals surface area contributed by atoms with Gasteiger partial charge in [0.05, 0.1) is 6.04 Å². The highest BCUT2D eigenvalue weighted by molar-refractivity contribution is 5.93. The van der Waals surface area contributed by atoms with E-state index in [0.717, 1.165) is 38.6 Å². The van der Waals surface area contributed by atoms with Crippen molar-refractivity contribution in [2.45, 2.75) is 83.0 Å². The molecule has 0 bridgehead atoms. The number of nitrogens with zero attached hydrogens (tertiary/aromatic N) is 1. The SMILES string of the molecule is CCCN[C@@H](C)C(=O)N[C@H]1CCCC[C@H]2CC[C@@H](C(=O)NC)N2C1=O. The average molecular weight is 352 g/mol. The zero-order valence-corrected chi connectivity index (χ0v) is 15.6. The van der Waals surface area contributed by atoms with Crippen molar-refractivity contribution >= 4 is 17.7 Å². The lowest BCUT2D eigenvalue weighted by Crippen LogP contribution is -2.57. The molecule has 3 N–H and O–H groups in total. The van der Waals surface area contributed by atoms with Crippen molar-refractivity contribution in [2.24, 2.45) is 0 Å². The molecule has 4 atom stereocenters. The van der Waals surface area contributed by atoms with Crippen LogP contribution in [0.25, 0.3) is 0 Å². The standard InChI is InChI=1S/C18H32N4O3/c1-4-11-20-12(2)16(23)21-14-8-6-5-7-13-9-10-15(17(24)19-3)22(13)18(14)25/h12-15,20H,4-11H2,1-3H3,(H,19,24)(H,21,23)/t12-,13-,14-,15-/m0/s1. The van der Waals surface area contributed by atoms with Crippen LogP contribution in [0.3, 0.4) is 0 Å². The quantitative estimate of drug-likeness (QED) is 0.651. The Morgan fingerprint density at radius 2 is 1.92 bits per heavy atom. The van der Waals surface area contributed by atoms with Crippen LogP contribution in [0.2, 0.25) is 0 Å². The zero-order chi connectivity index (χ0) is 18.4. The number of hydrogen-bond donors (Lipinski definition) is 3. The van der Waals surface area contributed by atoms with Gasteiger partial charge in [0.15, 0.2) is 0 Å². The van der Waals surface area contributed by atoms with E-state index >= 15 is 0 Å². The van der Waals surface area contributed by atoms with Crippen molar-refractivity contribution in [2.75, 3.05) is 13.6 Å². The molecule has 2 heterocycles. The monoisotopic (exact) mass is 352 g/mol. The molecule has 0 spiro atoms. The molecule has 2 fully saturated rings. The lowest BCUT2D eigenvalue weighted by Gasteiger charge is -2.35. The van der Waals surface area contributed by atoms with Crippen LogP contribution in [0.5, 0.6) is 0 Å².